The summed E-state index contributed by atoms with van der Waals surface area (Å²) in [5, 5.41) is 3.37. The van der Waals surface area contributed by atoms with Crippen molar-refractivity contribution in [3.63, 3.8) is 0 Å². The van der Waals surface area contributed by atoms with Crippen LogP contribution in [0.15, 0.2) is 30.6 Å². The molecule has 0 aliphatic carbocycles. The van der Waals surface area contributed by atoms with E-state index in [-0.39, 0.29) is 0 Å². The second kappa shape index (κ2) is 4.85. The second-order valence-corrected chi connectivity index (χ2v) is 4.54. The van der Waals surface area contributed by atoms with E-state index in [1.165, 1.54) is 5.69 Å². The summed E-state index contributed by atoms with van der Waals surface area (Å²) in [7, 11) is 0. The van der Waals surface area contributed by atoms with E-state index in [1.54, 1.807) is 0 Å². The molecule has 3 rings (SSSR count). The van der Waals surface area contributed by atoms with Crippen LogP contribution in [0.3, 0.4) is 0 Å². The Morgan fingerprint density at radius 3 is 2.94 bits per heavy atom. The lowest BCUT2D eigenvalue weighted by atomic mass is 10.3. The molecule has 0 spiro atoms. The summed E-state index contributed by atoms with van der Waals surface area (Å²) in [4.78, 5) is 7.12. The van der Waals surface area contributed by atoms with Crippen LogP contribution in [-0.4, -0.2) is 47.0 Å². The number of hydrogen-bond donors (Lipinski definition) is 1. The summed E-state index contributed by atoms with van der Waals surface area (Å²) in [6.45, 7) is 5.67. The quantitative estimate of drug-likeness (QED) is 0.846. The molecule has 3 heterocycles. The van der Waals surface area contributed by atoms with Crippen molar-refractivity contribution in [2.24, 2.45) is 0 Å². The number of aromatic nitrogens is 2. The number of nitrogens with zero attached hydrogens (tertiary/aromatic N) is 3. The van der Waals surface area contributed by atoms with Crippen LogP contribution in [0.5, 0.6) is 0 Å². The molecule has 0 unspecified atom stereocenters. The average Bonchev–Trinajstić information content (AvgIpc) is 2.80. The van der Waals surface area contributed by atoms with Crippen molar-refractivity contribution in [2.75, 3.05) is 32.7 Å². The van der Waals surface area contributed by atoms with Crippen molar-refractivity contribution in [3.8, 4) is 0 Å². The molecule has 90 valence electrons. The largest absolute Gasteiger partial charge is 0.314 e. The standard InChI is InChI=1S/C13H18N4/c1-2-7-17-11-12(15-13(17)3-1)4-8-16-9-5-14-6-10-16/h1-3,7,11,14H,4-6,8-10H2. The third kappa shape index (κ3) is 2.48. The van der Waals surface area contributed by atoms with Gasteiger partial charge in [0.05, 0.1) is 5.69 Å². The molecule has 0 bridgehead atoms. The first-order chi connectivity index (χ1) is 8.42. The van der Waals surface area contributed by atoms with Gasteiger partial charge in [0.25, 0.3) is 0 Å². The molecular weight excluding hydrogens is 212 g/mol. The van der Waals surface area contributed by atoms with Gasteiger partial charge in [0.15, 0.2) is 0 Å². The lowest BCUT2D eigenvalue weighted by molar-refractivity contribution is 0.243. The van der Waals surface area contributed by atoms with Gasteiger partial charge in [0.2, 0.25) is 0 Å². The molecule has 0 amide bonds. The van der Waals surface area contributed by atoms with Gasteiger partial charge in [-0.05, 0) is 12.1 Å². The Balaban J connectivity index is 1.64. The van der Waals surface area contributed by atoms with Crippen molar-refractivity contribution >= 4 is 5.65 Å². The first-order valence-electron chi connectivity index (χ1n) is 6.27. The van der Waals surface area contributed by atoms with Gasteiger partial charge in [0, 0.05) is 51.5 Å². The molecule has 1 aliphatic heterocycles. The molecule has 4 heteroatoms. The van der Waals surface area contributed by atoms with Crippen LogP contribution in [0.25, 0.3) is 5.65 Å². The molecule has 4 nitrogen and oxygen atoms in total. The molecule has 0 aromatic carbocycles. The Hall–Kier alpha value is -1.39. The van der Waals surface area contributed by atoms with Gasteiger partial charge in [-0.25, -0.2) is 4.98 Å². The Morgan fingerprint density at radius 1 is 1.24 bits per heavy atom. The summed E-state index contributed by atoms with van der Waals surface area (Å²) in [5.41, 5.74) is 2.23. The normalized spacial score (nSPS) is 17.6. The summed E-state index contributed by atoms with van der Waals surface area (Å²) in [6.07, 6.45) is 5.23. The molecule has 17 heavy (non-hydrogen) atoms. The lowest BCUT2D eigenvalue weighted by Crippen LogP contribution is -2.44. The van der Waals surface area contributed by atoms with Gasteiger partial charge < -0.3 is 14.6 Å². The van der Waals surface area contributed by atoms with Crippen molar-refractivity contribution in [1.82, 2.24) is 19.6 Å². The number of nitrogens with one attached hydrogen (secondary N) is 1. The van der Waals surface area contributed by atoms with Crippen molar-refractivity contribution < 1.29 is 0 Å². The zero-order valence-corrected chi connectivity index (χ0v) is 9.97. The summed E-state index contributed by atoms with van der Waals surface area (Å²) in [5.74, 6) is 0. The van der Waals surface area contributed by atoms with Crippen LogP contribution in [0.4, 0.5) is 0 Å². The fraction of sp³-hybridized carbons (Fsp3) is 0.462. The molecule has 1 saturated heterocycles. The summed E-state index contributed by atoms with van der Waals surface area (Å²) in [6, 6.07) is 6.12. The summed E-state index contributed by atoms with van der Waals surface area (Å²) < 4.78 is 2.09. The highest BCUT2D eigenvalue weighted by molar-refractivity contribution is 5.39. The van der Waals surface area contributed by atoms with E-state index in [9.17, 15) is 0 Å². The van der Waals surface area contributed by atoms with E-state index in [4.69, 9.17) is 0 Å². The molecular formula is C13H18N4. The van der Waals surface area contributed by atoms with Crippen LogP contribution >= 0.6 is 0 Å². The van der Waals surface area contributed by atoms with Gasteiger partial charge in [0.1, 0.15) is 5.65 Å². The Bertz CT molecular complexity index is 452. The van der Waals surface area contributed by atoms with Gasteiger partial charge in [-0.15, -0.1) is 0 Å². The number of fused-ring (bicyclic) bond motifs is 1. The van der Waals surface area contributed by atoms with E-state index >= 15 is 0 Å². The van der Waals surface area contributed by atoms with Crippen LogP contribution in [0.1, 0.15) is 5.69 Å². The molecule has 2 aromatic rings. The zero-order chi connectivity index (χ0) is 11.5. The van der Waals surface area contributed by atoms with Crippen LogP contribution < -0.4 is 5.32 Å². The summed E-state index contributed by atoms with van der Waals surface area (Å²) >= 11 is 0. The molecule has 1 fully saturated rings. The van der Waals surface area contributed by atoms with Crippen LogP contribution in [0, 0.1) is 0 Å². The number of piperazine rings is 1. The topological polar surface area (TPSA) is 32.6 Å². The maximum Gasteiger partial charge on any atom is 0.136 e. The predicted molar refractivity (Wildman–Crippen MR) is 68.2 cm³/mol. The number of rotatable bonds is 3. The van der Waals surface area contributed by atoms with E-state index in [1.807, 2.05) is 18.2 Å². The smallest absolute Gasteiger partial charge is 0.136 e. The van der Waals surface area contributed by atoms with Gasteiger partial charge in [-0.1, -0.05) is 6.07 Å². The second-order valence-electron chi connectivity index (χ2n) is 4.54. The third-order valence-corrected chi connectivity index (χ3v) is 3.31. The molecule has 0 radical (unpaired) electrons. The zero-order valence-electron chi connectivity index (χ0n) is 9.97. The number of imidazole rings is 1. The highest BCUT2D eigenvalue weighted by Gasteiger charge is 2.10. The first-order valence-corrected chi connectivity index (χ1v) is 6.27. The van der Waals surface area contributed by atoms with Crippen molar-refractivity contribution in [3.05, 3.63) is 36.3 Å². The Morgan fingerprint density at radius 2 is 2.12 bits per heavy atom. The van der Waals surface area contributed by atoms with Gasteiger partial charge >= 0.3 is 0 Å². The highest BCUT2D eigenvalue weighted by Crippen LogP contribution is 2.06. The number of hydrogen-bond acceptors (Lipinski definition) is 3. The van der Waals surface area contributed by atoms with Crippen LogP contribution in [0.2, 0.25) is 0 Å². The molecule has 1 N–H and O–H groups in total. The maximum absolute atomic E-state index is 4.62. The fourth-order valence-electron chi connectivity index (χ4n) is 2.32. The monoisotopic (exact) mass is 230 g/mol. The molecule has 0 atom stereocenters. The average molecular weight is 230 g/mol. The van der Waals surface area contributed by atoms with E-state index in [2.05, 4.69) is 32.0 Å². The fourth-order valence-corrected chi connectivity index (χ4v) is 2.32. The molecule has 0 saturated carbocycles. The Labute approximate surface area is 101 Å². The van der Waals surface area contributed by atoms with Gasteiger partial charge in [-0.3, -0.25) is 0 Å². The maximum atomic E-state index is 4.62. The minimum Gasteiger partial charge on any atom is -0.314 e. The first kappa shape index (κ1) is 10.7. The highest BCUT2D eigenvalue weighted by atomic mass is 15.2. The van der Waals surface area contributed by atoms with Gasteiger partial charge in [-0.2, -0.15) is 0 Å². The minimum absolute atomic E-state index is 1.04. The van der Waals surface area contributed by atoms with E-state index in [0.29, 0.717) is 0 Å². The SMILES string of the molecule is c1ccn2cc(CCN3CCNCC3)nc2c1. The van der Waals surface area contributed by atoms with E-state index < -0.39 is 0 Å². The predicted octanol–water partition coefficient (Wildman–Crippen LogP) is 0.782. The van der Waals surface area contributed by atoms with Crippen molar-refractivity contribution in [1.29, 1.82) is 0 Å². The van der Waals surface area contributed by atoms with Crippen LogP contribution in [-0.2, 0) is 6.42 Å². The Kier molecular flexibility index (Phi) is 3.07. The molecule has 2 aromatic heterocycles. The van der Waals surface area contributed by atoms with Crippen molar-refractivity contribution in [2.45, 2.75) is 6.42 Å². The molecule has 1 aliphatic rings. The van der Waals surface area contributed by atoms with E-state index in [0.717, 1.165) is 44.8 Å². The lowest BCUT2D eigenvalue weighted by Gasteiger charge is -2.26. The minimum atomic E-state index is 1.04. The number of pyridine rings is 1. The third-order valence-electron chi connectivity index (χ3n) is 3.31.